The molecule has 0 unspecified atom stereocenters. The smallest absolute Gasteiger partial charge is 0.248 e. The van der Waals surface area contributed by atoms with Gasteiger partial charge in [-0.3, -0.25) is 4.79 Å². The van der Waals surface area contributed by atoms with Gasteiger partial charge in [-0.05, 0) is 48.6 Å². The maximum absolute atomic E-state index is 14.4. The van der Waals surface area contributed by atoms with Crippen molar-refractivity contribution < 1.29 is 22.3 Å². The number of halogens is 1. The fourth-order valence-electron chi connectivity index (χ4n) is 3.57. The lowest BCUT2D eigenvalue weighted by Crippen LogP contribution is -2.35. The summed E-state index contributed by atoms with van der Waals surface area (Å²) in [4.78, 5) is 11.2. The number of nitrogens with two attached hydrogens (primary N) is 1. The summed E-state index contributed by atoms with van der Waals surface area (Å²) in [5, 5.41) is 0. The molecule has 8 heteroatoms. The van der Waals surface area contributed by atoms with Crippen LogP contribution in [0, 0.1) is 5.82 Å². The molecule has 1 fully saturated rings. The molecular weight excluding hydrogens is 395 g/mol. The molecule has 2 aromatic rings. The molecule has 1 amide bonds. The molecule has 154 valence electrons. The largest absolute Gasteiger partial charge is 0.493 e. The topological polar surface area (TPSA) is 89.7 Å². The third-order valence-electron chi connectivity index (χ3n) is 5.38. The zero-order valence-electron chi connectivity index (χ0n) is 15.9. The second-order valence-electron chi connectivity index (χ2n) is 7.55. The van der Waals surface area contributed by atoms with E-state index in [1.807, 2.05) is 18.2 Å². The van der Waals surface area contributed by atoms with Crippen molar-refractivity contribution >= 4 is 15.9 Å². The van der Waals surface area contributed by atoms with Crippen LogP contribution in [0.15, 0.2) is 36.4 Å². The minimum Gasteiger partial charge on any atom is -0.493 e. The molecule has 1 heterocycles. The number of fused-ring (bicyclic) bond motifs is 1. The van der Waals surface area contributed by atoms with Crippen LogP contribution >= 0.6 is 0 Å². The van der Waals surface area contributed by atoms with Gasteiger partial charge in [-0.15, -0.1) is 0 Å². The lowest BCUT2D eigenvalue weighted by atomic mass is 10.1. The highest BCUT2D eigenvalue weighted by Crippen LogP contribution is 2.32. The Hall–Kier alpha value is -2.45. The van der Waals surface area contributed by atoms with Gasteiger partial charge in [-0.25, -0.2) is 12.8 Å². The van der Waals surface area contributed by atoms with E-state index in [4.69, 9.17) is 10.5 Å². The van der Waals surface area contributed by atoms with E-state index in [2.05, 4.69) is 0 Å². The number of primary amides is 1. The van der Waals surface area contributed by atoms with E-state index in [0.29, 0.717) is 13.0 Å². The lowest BCUT2D eigenvalue weighted by Gasteiger charge is -2.22. The molecule has 2 aliphatic rings. The third-order valence-corrected chi connectivity index (χ3v) is 7.24. The minimum atomic E-state index is -3.57. The Morgan fingerprint density at radius 2 is 2.00 bits per heavy atom. The summed E-state index contributed by atoms with van der Waals surface area (Å²) in [6.45, 7) is 0.614. The van der Waals surface area contributed by atoms with E-state index in [-0.39, 0.29) is 29.5 Å². The highest BCUT2D eigenvalue weighted by Gasteiger charge is 2.37. The Morgan fingerprint density at radius 1 is 1.21 bits per heavy atom. The highest BCUT2D eigenvalue weighted by molar-refractivity contribution is 7.89. The van der Waals surface area contributed by atoms with Crippen molar-refractivity contribution in [3.8, 4) is 5.75 Å². The highest BCUT2D eigenvalue weighted by atomic mass is 32.2. The van der Waals surface area contributed by atoms with Gasteiger partial charge in [0.05, 0.1) is 12.4 Å². The zero-order chi connectivity index (χ0) is 20.6. The van der Waals surface area contributed by atoms with E-state index >= 15 is 0 Å². The zero-order valence-corrected chi connectivity index (χ0v) is 16.8. The van der Waals surface area contributed by atoms with E-state index < -0.39 is 21.7 Å². The van der Waals surface area contributed by atoms with Gasteiger partial charge in [0, 0.05) is 30.1 Å². The number of nitrogens with zero attached hydrogens (tertiary/aromatic N) is 1. The number of amides is 1. The summed E-state index contributed by atoms with van der Waals surface area (Å²) in [5.74, 6) is -0.516. The van der Waals surface area contributed by atoms with Gasteiger partial charge in [-0.2, -0.15) is 4.31 Å². The number of ether oxygens (including phenoxy) is 1. The molecule has 29 heavy (non-hydrogen) atoms. The fourth-order valence-corrected chi connectivity index (χ4v) is 5.30. The Balaban J connectivity index is 1.48. The average molecular weight is 418 g/mol. The van der Waals surface area contributed by atoms with E-state index in [1.165, 1.54) is 16.4 Å². The summed E-state index contributed by atoms with van der Waals surface area (Å²) in [7, 11) is -3.57. The van der Waals surface area contributed by atoms with Crippen LogP contribution in [0.25, 0.3) is 0 Å². The summed E-state index contributed by atoms with van der Waals surface area (Å²) in [5.41, 5.74) is 7.53. The van der Waals surface area contributed by atoms with Crippen LogP contribution in [0.2, 0.25) is 0 Å². The number of sulfonamides is 1. The second kappa shape index (κ2) is 7.76. The van der Waals surface area contributed by atoms with Crippen LogP contribution in [0.3, 0.4) is 0 Å². The van der Waals surface area contributed by atoms with Crippen molar-refractivity contribution in [2.45, 2.75) is 38.3 Å². The first-order valence-corrected chi connectivity index (χ1v) is 11.3. The molecule has 0 saturated heterocycles. The molecule has 0 bridgehead atoms. The Bertz CT molecular complexity index is 1050. The molecule has 1 aliphatic heterocycles. The minimum absolute atomic E-state index is 0.0376. The molecule has 1 saturated carbocycles. The number of aryl methyl sites for hydroxylation is 1. The van der Waals surface area contributed by atoms with Crippen molar-refractivity contribution in [2.75, 3.05) is 12.4 Å². The standard InChI is InChI=1S/C21H23FN2O4S/c22-19-12-16(21(23)25)2-3-17(19)13-24(18-4-5-18)29(26,27)10-8-14-1-6-20-15(11-14)7-9-28-20/h1-3,6,11-12,18H,4-5,7-10,13H2,(H2,23,25). The van der Waals surface area contributed by atoms with Crippen molar-refractivity contribution in [1.29, 1.82) is 0 Å². The number of hydrogen-bond acceptors (Lipinski definition) is 4. The van der Waals surface area contributed by atoms with Gasteiger partial charge >= 0.3 is 0 Å². The predicted molar refractivity (Wildman–Crippen MR) is 107 cm³/mol. The Kier molecular flexibility index (Phi) is 5.31. The molecule has 2 N–H and O–H groups in total. The van der Waals surface area contributed by atoms with Gasteiger partial charge in [-0.1, -0.05) is 18.2 Å². The van der Waals surface area contributed by atoms with Gasteiger partial charge < -0.3 is 10.5 Å². The van der Waals surface area contributed by atoms with E-state index in [0.717, 1.165) is 42.2 Å². The van der Waals surface area contributed by atoms with Gasteiger partial charge in [0.2, 0.25) is 15.9 Å². The molecule has 6 nitrogen and oxygen atoms in total. The number of hydrogen-bond donors (Lipinski definition) is 1. The van der Waals surface area contributed by atoms with Gasteiger partial charge in [0.25, 0.3) is 0 Å². The van der Waals surface area contributed by atoms with Crippen molar-refractivity contribution in [3.05, 3.63) is 64.5 Å². The van der Waals surface area contributed by atoms with Crippen LogP contribution < -0.4 is 10.5 Å². The summed E-state index contributed by atoms with van der Waals surface area (Å²) in [6.07, 6.45) is 2.78. The lowest BCUT2D eigenvalue weighted by molar-refractivity contribution is 0.0999. The third kappa shape index (κ3) is 4.43. The summed E-state index contributed by atoms with van der Waals surface area (Å²) >= 11 is 0. The number of carbonyl (C=O) groups is 1. The van der Waals surface area contributed by atoms with Crippen molar-refractivity contribution in [2.24, 2.45) is 5.73 Å². The molecule has 0 spiro atoms. The summed E-state index contributed by atoms with van der Waals surface area (Å²) < 4.78 is 47.3. The normalized spacial score (nSPS) is 15.9. The maximum atomic E-state index is 14.4. The number of benzene rings is 2. The molecule has 0 aromatic heterocycles. The SMILES string of the molecule is NC(=O)c1ccc(CN(C2CC2)S(=O)(=O)CCc2ccc3c(c2)CCO3)c(F)c1. The molecular formula is C21H23FN2O4S. The maximum Gasteiger partial charge on any atom is 0.248 e. The van der Waals surface area contributed by atoms with E-state index in [9.17, 15) is 17.6 Å². The fraction of sp³-hybridized carbons (Fsp3) is 0.381. The van der Waals surface area contributed by atoms with Gasteiger partial charge in [0.15, 0.2) is 0 Å². The monoisotopic (exact) mass is 418 g/mol. The quantitative estimate of drug-likeness (QED) is 0.713. The molecule has 0 radical (unpaired) electrons. The molecule has 4 rings (SSSR count). The van der Waals surface area contributed by atoms with E-state index in [1.54, 1.807) is 0 Å². The second-order valence-corrected chi connectivity index (χ2v) is 9.59. The van der Waals surface area contributed by atoms with Crippen LogP contribution in [0.1, 0.15) is 39.9 Å². The first-order chi connectivity index (χ1) is 13.8. The van der Waals surface area contributed by atoms with Crippen LogP contribution in [0.5, 0.6) is 5.75 Å². The predicted octanol–water partition coefficient (Wildman–Crippen LogP) is 2.40. The first-order valence-electron chi connectivity index (χ1n) is 9.66. The Morgan fingerprint density at radius 3 is 2.69 bits per heavy atom. The van der Waals surface area contributed by atoms with Crippen LogP contribution in [-0.4, -0.2) is 37.0 Å². The van der Waals surface area contributed by atoms with Crippen molar-refractivity contribution in [1.82, 2.24) is 4.31 Å². The number of rotatable bonds is 8. The molecule has 1 aliphatic carbocycles. The van der Waals surface area contributed by atoms with Gasteiger partial charge in [0.1, 0.15) is 11.6 Å². The molecule has 2 aromatic carbocycles. The Labute approximate surface area is 169 Å². The number of carbonyl (C=O) groups excluding carboxylic acids is 1. The van der Waals surface area contributed by atoms with Crippen molar-refractivity contribution in [3.63, 3.8) is 0 Å². The average Bonchev–Trinajstić information content (AvgIpc) is 3.41. The van der Waals surface area contributed by atoms with Crippen LogP contribution in [0.4, 0.5) is 4.39 Å². The molecule has 0 atom stereocenters. The van der Waals surface area contributed by atoms with Crippen LogP contribution in [-0.2, 0) is 29.4 Å². The first kappa shape index (κ1) is 19.8. The summed E-state index contributed by atoms with van der Waals surface area (Å²) in [6, 6.07) is 9.60.